The number of hydrogen-bond acceptors (Lipinski definition) is 3. The summed E-state index contributed by atoms with van der Waals surface area (Å²) in [4.78, 5) is 15.1. The number of piperidine rings is 1. The number of unbranched alkanes of at least 4 members (excludes halogenated alkanes) is 1. The smallest absolute Gasteiger partial charge is 0.241 e. The first kappa shape index (κ1) is 19.7. The summed E-state index contributed by atoms with van der Waals surface area (Å²) in [7, 11) is 1.00. The summed E-state index contributed by atoms with van der Waals surface area (Å²) in [5.74, 6) is 0.170. The Kier molecular flexibility index (Phi) is 8.89. The molecule has 2 N–H and O–H groups in total. The van der Waals surface area contributed by atoms with Crippen LogP contribution in [0.15, 0.2) is 18.2 Å². The maximum Gasteiger partial charge on any atom is 0.241 e. The summed E-state index contributed by atoms with van der Waals surface area (Å²) in [6.07, 6.45) is 5.72. The molecule has 1 atom stereocenters. The quantitative estimate of drug-likeness (QED) is 0.873. The summed E-state index contributed by atoms with van der Waals surface area (Å²) in [6, 6.07) is 6.19. The SMILES string of the molecule is CCCCN1CCCCC1C(=O)Nc1c(C)cccc1C.CO. The highest BCUT2D eigenvalue weighted by Gasteiger charge is 2.28. The van der Waals surface area contributed by atoms with E-state index in [0.29, 0.717) is 0 Å². The fraction of sp³-hybridized carbons (Fsp3) is 0.632. The van der Waals surface area contributed by atoms with E-state index in [1.54, 1.807) is 0 Å². The third-order valence-corrected chi connectivity index (χ3v) is 4.44. The Morgan fingerprint density at radius 2 is 1.91 bits per heavy atom. The lowest BCUT2D eigenvalue weighted by Crippen LogP contribution is -2.47. The van der Waals surface area contributed by atoms with Gasteiger partial charge in [-0.25, -0.2) is 0 Å². The normalized spacial score (nSPS) is 18.0. The molecule has 1 aromatic carbocycles. The Morgan fingerprint density at radius 3 is 2.52 bits per heavy atom. The van der Waals surface area contributed by atoms with Crippen molar-refractivity contribution < 1.29 is 9.90 Å². The number of carbonyl (C=O) groups is 1. The highest BCUT2D eigenvalue weighted by molar-refractivity contribution is 5.96. The van der Waals surface area contributed by atoms with E-state index in [1.165, 1.54) is 19.3 Å². The largest absolute Gasteiger partial charge is 0.400 e. The molecule has 0 bridgehead atoms. The number of likely N-dealkylation sites (tertiary alicyclic amines) is 1. The van der Waals surface area contributed by atoms with Crippen molar-refractivity contribution in [2.75, 3.05) is 25.5 Å². The first-order chi connectivity index (χ1) is 11.1. The van der Waals surface area contributed by atoms with E-state index in [9.17, 15) is 4.79 Å². The van der Waals surface area contributed by atoms with Crippen LogP contribution in [0.25, 0.3) is 0 Å². The highest BCUT2D eigenvalue weighted by atomic mass is 16.2. The maximum absolute atomic E-state index is 12.7. The second-order valence-corrected chi connectivity index (χ2v) is 6.16. The van der Waals surface area contributed by atoms with Gasteiger partial charge in [-0.05, 0) is 57.3 Å². The Labute approximate surface area is 140 Å². The molecule has 4 nitrogen and oxygen atoms in total. The molecule has 1 saturated heterocycles. The minimum atomic E-state index is 0.0457. The number of para-hydroxylation sites is 1. The van der Waals surface area contributed by atoms with Gasteiger partial charge in [0.2, 0.25) is 5.91 Å². The van der Waals surface area contributed by atoms with Crippen LogP contribution >= 0.6 is 0 Å². The minimum Gasteiger partial charge on any atom is -0.400 e. The van der Waals surface area contributed by atoms with Crippen molar-refractivity contribution in [3.63, 3.8) is 0 Å². The lowest BCUT2D eigenvalue weighted by molar-refractivity contribution is -0.122. The predicted molar refractivity (Wildman–Crippen MR) is 96.8 cm³/mol. The van der Waals surface area contributed by atoms with Gasteiger partial charge < -0.3 is 10.4 Å². The third kappa shape index (κ3) is 5.63. The summed E-state index contributed by atoms with van der Waals surface area (Å²) >= 11 is 0. The number of aliphatic hydroxyl groups excluding tert-OH is 1. The molecular formula is C19H32N2O2. The van der Waals surface area contributed by atoms with Gasteiger partial charge in [0.25, 0.3) is 0 Å². The standard InChI is InChI=1S/C18H28N2O.CH4O/c1-4-5-12-20-13-7-6-11-16(20)18(21)19-17-14(2)9-8-10-15(17)3;1-2/h8-10,16H,4-7,11-13H2,1-3H3,(H,19,21);2H,1H3. The zero-order valence-electron chi connectivity index (χ0n) is 15.1. The molecule has 1 fully saturated rings. The fourth-order valence-electron chi connectivity index (χ4n) is 3.13. The van der Waals surface area contributed by atoms with E-state index < -0.39 is 0 Å². The summed E-state index contributed by atoms with van der Waals surface area (Å²) in [5, 5.41) is 10.2. The number of nitrogens with zero attached hydrogens (tertiary/aromatic N) is 1. The lowest BCUT2D eigenvalue weighted by atomic mass is 10.00. The summed E-state index contributed by atoms with van der Waals surface area (Å²) in [6.45, 7) is 8.42. The van der Waals surface area contributed by atoms with Crippen molar-refractivity contribution in [3.8, 4) is 0 Å². The van der Waals surface area contributed by atoms with Crippen LogP contribution in [-0.2, 0) is 4.79 Å². The number of amides is 1. The topological polar surface area (TPSA) is 52.6 Å². The van der Waals surface area contributed by atoms with Gasteiger partial charge in [0, 0.05) is 12.8 Å². The first-order valence-electron chi connectivity index (χ1n) is 8.69. The van der Waals surface area contributed by atoms with Crippen molar-refractivity contribution in [2.45, 2.75) is 58.9 Å². The van der Waals surface area contributed by atoms with Crippen molar-refractivity contribution in [2.24, 2.45) is 0 Å². The predicted octanol–water partition coefficient (Wildman–Crippen LogP) is 3.51. The van der Waals surface area contributed by atoms with Crippen LogP contribution in [0.2, 0.25) is 0 Å². The van der Waals surface area contributed by atoms with Crippen LogP contribution in [0.1, 0.15) is 50.2 Å². The molecule has 0 saturated carbocycles. The lowest BCUT2D eigenvalue weighted by Gasteiger charge is -2.34. The van der Waals surface area contributed by atoms with Crippen LogP contribution in [0, 0.1) is 13.8 Å². The molecule has 0 spiro atoms. The number of carbonyl (C=O) groups excluding carboxylic acids is 1. The van der Waals surface area contributed by atoms with Crippen molar-refractivity contribution in [1.82, 2.24) is 4.90 Å². The maximum atomic E-state index is 12.7. The highest BCUT2D eigenvalue weighted by Crippen LogP contribution is 2.23. The van der Waals surface area contributed by atoms with E-state index in [1.807, 2.05) is 6.07 Å². The Hall–Kier alpha value is -1.39. The molecule has 1 amide bonds. The van der Waals surface area contributed by atoms with Crippen molar-refractivity contribution >= 4 is 11.6 Å². The molecule has 2 rings (SSSR count). The first-order valence-corrected chi connectivity index (χ1v) is 8.69. The van der Waals surface area contributed by atoms with Gasteiger partial charge in [0.1, 0.15) is 0 Å². The molecule has 1 aliphatic rings. The summed E-state index contributed by atoms with van der Waals surface area (Å²) < 4.78 is 0. The third-order valence-electron chi connectivity index (χ3n) is 4.44. The van der Waals surface area contributed by atoms with E-state index in [0.717, 1.165) is 49.9 Å². The number of hydrogen-bond donors (Lipinski definition) is 2. The number of benzene rings is 1. The molecular weight excluding hydrogens is 288 g/mol. The van der Waals surface area contributed by atoms with Crippen molar-refractivity contribution in [3.05, 3.63) is 29.3 Å². The van der Waals surface area contributed by atoms with E-state index in [2.05, 4.69) is 43.1 Å². The number of aryl methyl sites for hydroxylation is 2. The average Bonchev–Trinajstić information content (AvgIpc) is 2.58. The van der Waals surface area contributed by atoms with Gasteiger partial charge in [-0.3, -0.25) is 9.69 Å². The van der Waals surface area contributed by atoms with Crippen LogP contribution < -0.4 is 5.32 Å². The van der Waals surface area contributed by atoms with E-state index in [4.69, 9.17) is 5.11 Å². The molecule has 0 radical (unpaired) electrons. The van der Waals surface area contributed by atoms with Gasteiger partial charge in [-0.1, -0.05) is 38.0 Å². The molecule has 1 aromatic rings. The number of rotatable bonds is 5. The van der Waals surface area contributed by atoms with Crippen LogP contribution in [0.4, 0.5) is 5.69 Å². The zero-order chi connectivity index (χ0) is 17.2. The van der Waals surface area contributed by atoms with Crippen molar-refractivity contribution in [1.29, 1.82) is 0 Å². The second kappa shape index (κ2) is 10.4. The minimum absolute atomic E-state index is 0.0457. The molecule has 130 valence electrons. The molecule has 4 heteroatoms. The van der Waals surface area contributed by atoms with Gasteiger partial charge >= 0.3 is 0 Å². The Balaban J connectivity index is 0.00000127. The van der Waals surface area contributed by atoms with Gasteiger partial charge in [0.15, 0.2) is 0 Å². The monoisotopic (exact) mass is 320 g/mol. The average molecular weight is 320 g/mol. The zero-order valence-corrected chi connectivity index (χ0v) is 15.1. The molecule has 1 unspecified atom stereocenters. The van der Waals surface area contributed by atoms with Crippen LogP contribution in [0.3, 0.4) is 0 Å². The van der Waals surface area contributed by atoms with E-state index in [-0.39, 0.29) is 11.9 Å². The van der Waals surface area contributed by atoms with E-state index >= 15 is 0 Å². The molecule has 0 aromatic heterocycles. The Morgan fingerprint density at radius 1 is 1.26 bits per heavy atom. The van der Waals surface area contributed by atoms with Gasteiger partial charge in [-0.2, -0.15) is 0 Å². The molecule has 0 aliphatic carbocycles. The number of nitrogens with one attached hydrogen (secondary N) is 1. The molecule has 1 heterocycles. The fourth-order valence-corrected chi connectivity index (χ4v) is 3.13. The number of aliphatic hydroxyl groups is 1. The molecule has 23 heavy (non-hydrogen) atoms. The molecule has 1 aliphatic heterocycles. The van der Waals surface area contributed by atoms with Gasteiger partial charge in [0.05, 0.1) is 6.04 Å². The van der Waals surface area contributed by atoms with Crippen LogP contribution in [0.5, 0.6) is 0 Å². The second-order valence-electron chi connectivity index (χ2n) is 6.16. The van der Waals surface area contributed by atoms with Crippen LogP contribution in [-0.4, -0.2) is 42.2 Å². The van der Waals surface area contributed by atoms with Gasteiger partial charge in [-0.15, -0.1) is 0 Å². The number of anilines is 1. The Bertz CT molecular complexity index is 468. The summed E-state index contributed by atoms with van der Waals surface area (Å²) in [5.41, 5.74) is 3.27.